The zero-order valence-electron chi connectivity index (χ0n) is 11.7. The minimum absolute atomic E-state index is 0.682. The highest BCUT2D eigenvalue weighted by Gasteiger charge is 2.11. The number of benzene rings is 1. The highest BCUT2D eigenvalue weighted by Crippen LogP contribution is 2.23. The topological polar surface area (TPSA) is 41.1 Å². The van der Waals surface area contributed by atoms with E-state index in [0.29, 0.717) is 11.6 Å². The average molecular weight is 311 g/mol. The summed E-state index contributed by atoms with van der Waals surface area (Å²) in [5.74, 6) is 0.728. The molecule has 0 atom stereocenters. The van der Waals surface area contributed by atoms with E-state index >= 15 is 0 Å². The van der Waals surface area contributed by atoms with Gasteiger partial charge in [0.05, 0.1) is 14.1 Å². The van der Waals surface area contributed by atoms with E-state index in [4.69, 9.17) is 16.1 Å². The van der Waals surface area contributed by atoms with E-state index in [1.165, 1.54) is 0 Å². The molecule has 106 valence electrons. The summed E-state index contributed by atoms with van der Waals surface area (Å²) in [5.41, 5.74) is 1.81. The lowest BCUT2D eigenvalue weighted by Crippen LogP contribution is -2.25. The van der Waals surface area contributed by atoms with Crippen LogP contribution in [0.3, 0.4) is 0 Å². The zero-order chi connectivity index (χ0) is 14.5. The Bertz CT molecular complexity index is 618. The van der Waals surface area contributed by atoms with Crippen molar-refractivity contribution in [1.82, 2.24) is 10.5 Å². The molecule has 0 aliphatic carbocycles. The molecule has 0 saturated carbocycles. The van der Waals surface area contributed by atoms with Crippen molar-refractivity contribution in [2.75, 3.05) is 20.4 Å². The van der Waals surface area contributed by atoms with Gasteiger partial charge in [-0.15, -0.1) is 0 Å². The van der Waals surface area contributed by atoms with E-state index in [0.717, 1.165) is 22.2 Å². The molecule has 0 aliphatic heterocycles. The molecule has 20 heavy (non-hydrogen) atoms. The molecule has 0 fully saturated rings. The van der Waals surface area contributed by atoms with Gasteiger partial charge < -0.3 is 4.52 Å². The fourth-order valence-electron chi connectivity index (χ4n) is 1.93. The van der Waals surface area contributed by atoms with Gasteiger partial charge in [0.25, 0.3) is 0 Å². The lowest BCUT2D eigenvalue weighted by atomic mass is 10.1. The Balaban J connectivity index is 2.20. The molecule has 1 aromatic heterocycles. The van der Waals surface area contributed by atoms with Gasteiger partial charge in [-0.1, -0.05) is 28.9 Å². The fraction of sp³-hybridized carbons (Fsp3) is 0.286. The quantitative estimate of drug-likeness (QED) is 0.537. The molecule has 0 saturated heterocycles. The zero-order valence-corrected chi connectivity index (χ0v) is 13.3. The van der Waals surface area contributed by atoms with Crippen LogP contribution in [0.15, 0.2) is 34.9 Å². The maximum absolute atomic E-state index is 5.98. The van der Waals surface area contributed by atoms with E-state index in [2.05, 4.69) is 15.0 Å². The van der Waals surface area contributed by atoms with Crippen molar-refractivity contribution >= 4 is 28.5 Å². The number of nitrogens with zero attached hydrogens (tertiary/aromatic N) is 2. The van der Waals surface area contributed by atoms with Crippen molar-refractivity contribution < 1.29 is 9.10 Å². The summed E-state index contributed by atoms with van der Waals surface area (Å²) in [7, 11) is 3.92. The molecule has 0 radical (unpaired) electrons. The van der Waals surface area contributed by atoms with E-state index < -0.39 is 0 Å². The number of amidine groups is 1. The second-order valence-corrected chi connectivity index (χ2v) is 5.54. The molecule has 4 nitrogen and oxygen atoms in total. The van der Waals surface area contributed by atoms with Gasteiger partial charge in [-0.05, 0) is 30.2 Å². The van der Waals surface area contributed by atoms with Crippen molar-refractivity contribution in [3.8, 4) is 11.3 Å². The monoisotopic (exact) mass is 310 g/mol. The van der Waals surface area contributed by atoms with E-state index in [1.54, 1.807) is 11.8 Å². The summed E-state index contributed by atoms with van der Waals surface area (Å²) in [6.45, 7) is 0.682. The van der Waals surface area contributed by atoms with Gasteiger partial charge in [-0.25, -0.2) is 0 Å². The average Bonchev–Trinajstić information content (AvgIpc) is 2.88. The minimum Gasteiger partial charge on any atom is -0.356 e. The molecule has 0 unspecified atom stereocenters. The standard InChI is InChI=1S/C14H16ClN3OS/c1-16-14(20-3)18(2)9-12-8-13(19-17-12)10-5-4-6-11(15)7-10/h4-8H,9H2,1-3H3/p+1. The number of halogens is 1. The Hall–Kier alpha value is -1.46. The van der Waals surface area contributed by atoms with Crippen LogP contribution in [0, 0.1) is 0 Å². The summed E-state index contributed by atoms with van der Waals surface area (Å²) in [5, 5.41) is 9.02. The van der Waals surface area contributed by atoms with Gasteiger partial charge >= 0.3 is 5.17 Å². The maximum Gasteiger partial charge on any atom is 0.305 e. The lowest BCUT2D eigenvalue weighted by molar-refractivity contribution is -0.513. The number of hydrogen-bond donors (Lipinski definition) is 1. The van der Waals surface area contributed by atoms with Crippen LogP contribution in [-0.2, 0) is 6.54 Å². The van der Waals surface area contributed by atoms with Gasteiger partial charge in [0.15, 0.2) is 5.76 Å². The normalized spacial score (nSPS) is 12.2. The van der Waals surface area contributed by atoms with Crippen LogP contribution in [0.5, 0.6) is 0 Å². The van der Waals surface area contributed by atoms with Crippen LogP contribution < -0.4 is 5.32 Å². The maximum atomic E-state index is 5.98. The molecule has 2 rings (SSSR count). The first-order chi connectivity index (χ1) is 9.63. The first kappa shape index (κ1) is 14.9. The Morgan fingerprint density at radius 3 is 2.90 bits per heavy atom. The molecule has 0 amide bonds. The van der Waals surface area contributed by atoms with E-state index in [9.17, 15) is 0 Å². The van der Waals surface area contributed by atoms with Crippen LogP contribution >= 0.6 is 23.4 Å². The van der Waals surface area contributed by atoms with E-state index in [1.807, 2.05) is 50.7 Å². The van der Waals surface area contributed by atoms with Crippen molar-refractivity contribution in [2.24, 2.45) is 0 Å². The molecule has 1 aromatic carbocycles. The summed E-state index contributed by atoms with van der Waals surface area (Å²) in [6.07, 6.45) is 2.03. The number of hydrogen-bond acceptors (Lipinski definition) is 3. The van der Waals surface area contributed by atoms with Crippen LogP contribution in [0.2, 0.25) is 5.02 Å². The smallest absolute Gasteiger partial charge is 0.305 e. The third kappa shape index (κ3) is 3.55. The summed E-state index contributed by atoms with van der Waals surface area (Å²) >= 11 is 7.64. The van der Waals surface area contributed by atoms with Crippen LogP contribution in [0.4, 0.5) is 0 Å². The third-order valence-electron chi connectivity index (χ3n) is 2.82. The Kier molecular flexibility index (Phi) is 5.09. The first-order valence-corrected chi connectivity index (χ1v) is 7.75. The molecule has 6 heteroatoms. The predicted octanol–water partition coefficient (Wildman–Crippen LogP) is 3.08. The van der Waals surface area contributed by atoms with Gasteiger partial charge in [-0.2, -0.15) is 0 Å². The van der Waals surface area contributed by atoms with Crippen LogP contribution in [-0.4, -0.2) is 35.3 Å². The highest BCUT2D eigenvalue weighted by molar-refractivity contribution is 8.13. The fourth-order valence-corrected chi connectivity index (χ4v) is 2.70. The van der Waals surface area contributed by atoms with Gasteiger partial charge in [0.1, 0.15) is 12.2 Å². The number of thioether (sulfide) groups is 1. The third-order valence-corrected chi connectivity index (χ3v) is 3.96. The molecular weight excluding hydrogens is 294 g/mol. The second-order valence-electron chi connectivity index (χ2n) is 4.31. The number of nitrogens with one attached hydrogen (secondary N) is 1. The summed E-state index contributed by atoms with van der Waals surface area (Å²) in [4.78, 5) is 0. The molecule has 1 heterocycles. The Morgan fingerprint density at radius 2 is 2.25 bits per heavy atom. The Morgan fingerprint density at radius 1 is 1.45 bits per heavy atom. The molecule has 0 bridgehead atoms. The minimum atomic E-state index is 0.682. The van der Waals surface area contributed by atoms with Gasteiger partial charge in [0, 0.05) is 16.7 Å². The highest BCUT2D eigenvalue weighted by atomic mass is 35.5. The summed E-state index contributed by atoms with van der Waals surface area (Å²) in [6, 6.07) is 9.49. The second kappa shape index (κ2) is 6.81. The largest absolute Gasteiger partial charge is 0.356 e. The molecule has 0 aliphatic rings. The first-order valence-electron chi connectivity index (χ1n) is 6.15. The SMILES string of the molecule is CNC(SC)=[N+](C)Cc1cc(-c2cccc(Cl)c2)on1. The van der Waals surface area contributed by atoms with Crippen molar-refractivity contribution in [2.45, 2.75) is 6.54 Å². The summed E-state index contributed by atoms with van der Waals surface area (Å²) < 4.78 is 7.47. The van der Waals surface area contributed by atoms with Gasteiger partial charge in [-0.3, -0.25) is 9.89 Å². The van der Waals surface area contributed by atoms with Crippen molar-refractivity contribution in [1.29, 1.82) is 0 Å². The molecule has 0 spiro atoms. The van der Waals surface area contributed by atoms with Crippen LogP contribution in [0.1, 0.15) is 5.69 Å². The van der Waals surface area contributed by atoms with E-state index in [-0.39, 0.29) is 0 Å². The number of aromatic nitrogens is 1. The lowest BCUT2D eigenvalue weighted by Gasteiger charge is -2.02. The number of rotatable bonds is 3. The van der Waals surface area contributed by atoms with Crippen molar-refractivity contribution in [3.63, 3.8) is 0 Å². The predicted molar refractivity (Wildman–Crippen MR) is 84.4 cm³/mol. The molecule has 1 N–H and O–H groups in total. The molecule has 2 aromatic rings. The van der Waals surface area contributed by atoms with Gasteiger partial charge in [0.2, 0.25) is 0 Å². The molecular formula is C14H17ClN3OS+. The van der Waals surface area contributed by atoms with Crippen LogP contribution in [0.25, 0.3) is 11.3 Å². The Labute approximate surface area is 127 Å². The van der Waals surface area contributed by atoms with Crippen molar-refractivity contribution in [3.05, 3.63) is 41.0 Å².